The smallest absolute Gasteiger partial charge is 0.332 e. The molecule has 0 aromatic heterocycles. The minimum absolute atomic E-state index is 0.0351. The first-order chi connectivity index (χ1) is 10.0. The van der Waals surface area contributed by atoms with Gasteiger partial charge in [0.05, 0.1) is 12.1 Å². The van der Waals surface area contributed by atoms with E-state index < -0.39 is 17.8 Å². The lowest BCUT2D eigenvalue weighted by molar-refractivity contribution is -0.141. The van der Waals surface area contributed by atoms with Crippen LogP contribution in [0.5, 0.6) is 0 Å². The van der Waals surface area contributed by atoms with Crippen molar-refractivity contribution in [2.24, 2.45) is 0 Å². The van der Waals surface area contributed by atoms with Crippen LogP contribution >= 0.6 is 11.6 Å². The molecule has 0 aliphatic rings. The Morgan fingerprint density at radius 1 is 1.24 bits per heavy atom. The molecule has 0 radical (unpaired) electrons. The van der Waals surface area contributed by atoms with Crippen molar-refractivity contribution in [3.63, 3.8) is 0 Å². The molecule has 2 aromatic rings. The fraction of sp³-hybridized carbons (Fsp3) is 0.188. The molecular weight excluding hydrogens is 293 g/mol. The van der Waals surface area contributed by atoms with Gasteiger partial charge in [-0.25, -0.2) is 9.18 Å². The average Bonchev–Trinajstić information content (AvgIpc) is 2.49. The van der Waals surface area contributed by atoms with Crippen LogP contribution < -0.4 is 5.32 Å². The number of ether oxygens (including phenoxy) is 1. The lowest BCUT2D eigenvalue weighted by Gasteiger charge is -2.18. The van der Waals surface area contributed by atoms with Gasteiger partial charge in [-0.15, -0.1) is 0 Å². The Balaban J connectivity index is 2.31. The van der Waals surface area contributed by atoms with Gasteiger partial charge in [-0.2, -0.15) is 0 Å². The minimum Gasteiger partial charge on any atom is -0.467 e. The zero-order valence-electron chi connectivity index (χ0n) is 11.7. The number of carbonyl (C=O) groups is 1. The summed E-state index contributed by atoms with van der Waals surface area (Å²) in [6.45, 7) is 1.97. The summed E-state index contributed by atoms with van der Waals surface area (Å²) in [7, 11) is 1.30. The summed E-state index contributed by atoms with van der Waals surface area (Å²) in [5, 5.41) is 3.03. The highest BCUT2D eigenvalue weighted by molar-refractivity contribution is 6.30. The number of rotatable bonds is 4. The molecule has 1 atom stereocenters. The van der Waals surface area contributed by atoms with Gasteiger partial charge in [0.15, 0.2) is 6.04 Å². The van der Waals surface area contributed by atoms with E-state index in [-0.39, 0.29) is 5.02 Å². The largest absolute Gasteiger partial charge is 0.467 e. The molecular formula is C16H15ClFNO2. The van der Waals surface area contributed by atoms with Crippen LogP contribution in [0.25, 0.3) is 0 Å². The number of hydrogen-bond donors (Lipinski definition) is 1. The van der Waals surface area contributed by atoms with E-state index in [2.05, 4.69) is 5.32 Å². The van der Waals surface area contributed by atoms with E-state index in [0.717, 1.165) is 11.3 Å². The molecule has 3 nitrogen and oxygen atoms in total. The highest BCUT2D eigenvalue weighted by Gasteiger charge is 2.22. The van der Waals surface area contributed by atoms with Gasteiger partial charge in [0.2, 0.25) is 0 Å². The molecule has 2 rings (SSSR count). The van der Waals surface area contributed by atoms with Crippen LogP contribution in [-0.4, -0.2) is 13.1 Å². The molecule has 0 amide bonds. The summed E-state index contributed by atoms with van der Waals surface area (Å²) in [5.41, 5.74) is 2.41. The number of anilines is 1. The molecule has 0 heterocycles. The van der Waals surface area contributed by atoms with E-state index >= 15 is 0 Å². The van der Waals surface area contributed by atoms with Gasteiger partial charge in [0.1, 0.15) is 5.82 Å². The van der Waals surface area contributed by atoms with E-state index in [1.54, 1.807) is 0 Å². The Hall–Kier alpha value is -2.07. The molecule has 0 aliphatic carbocycles. The highest BCUT2D eigenvalue weighted by Crippen LogP contribution is 2.25. The first-order valence-corrected chi connectivity index (χ1v) is 6.75. The second kappa shape index (κ2) is 6.59. The van der Waals surface area contributed by atoms with E-state index in [9.17, 15) is 9.18 Å². The number of nitrogens with one attached hydrogen (secondary N) is 1. The van der Waals surface area contributed by atoms with Crippen LogP contribution in [0, 0.1) is 12.7 Å². The molecule has 1 unspecified atom stereocenters. The maximum absolute atomic E-state index is 13.2. The van der Waals surface area contributed by atoms with Gasteiger partial charge in [0.25, 0.3) is 0 Å². The summed E-state index contributed by atoms with van der Waals surface area (Å²) >= 11 is 5.77. The molecule has 0 saturated carbocycles. The lowest BCUT2D eigenvalue weighted by atomic mass is 10.1. The van der Waals surface area contributed by atoms with E-state index in [1.165, 1.54) is 25.3 Å². The first kappa shape index (κ1) is 15.3. The predicted octanol–water partition coefficient (Wildman–Crippen LogP) is 4.11. The third kappa shape index (κ3) is 3.73. The van der Waals surface area contributed by atoms with Crippen molar-refractivity contribution in [1.82, 2.24) is 0 Å². The zero-order valence-corrected chi connectivity index (χ0v) is 12.4. The predicted molar refractivity (Wildman–Crippen MR) is 81.0 cm³/mol. The molecule has 0 bridgehead atoms. The van der Waals surface area contributed by atoms with Crippen LogP contribution in [0.3, 0.4) is 0 Å². The second-order valence-corrected chi connectivity index (χ2v) is 5.05. The Bertz CT molecular complexity index is 643. The van der Waals surface area contributed by atoms with Crippen molar-refractivity contribution < 1.29 is 13.9 Å². The van der Waals surface area contributed by atoms with Crippen molar-refractivity contribution in [3.05, 3.63) is 64.4 Å². The van der Waals surface area contributed by atoms with Gasteiger partial charge in [-0.3, -0.25) is 0 Å². The van der Waals surface area contributed by atoms with Crippen molar-refractivity contribution in [2.45, 2.75) is 13.0 Å². The minimum atomic E-state index is -0.754. The van der Waals surface area contributed by atoms with Crippen molar-refractivity contribution in [2.75, 3.05) is 12.4 Å². The number of methoxy groups -OCH3 is 1. The first-order valence-electron chi connectivity index (χ1n) is 6.37. The SMILES string of the molecule is COC(=O)C(Nc1ccc(C)cc1)c1ccc(F)c(Cl)c1. The summed E-state index contributed by atoms with van der Waals surface area (Å²) in [6.07, 6.45) is 0. The molecule has 1 N–H and O–H groups in total. The Labute approximate surface area is 127 Å². The Morgan fingerprint density at radius 2 is 1.90 bits per heavy atom. The standard InChI is InChI=1S/C16H15ClFNO2/c1-10-3-6-12(7-4-10)19-15(16(20)21-2)11-5-8-14(18)13(17)9-11/h3-9,15,19H,1-2H3. The molecule has 0 aliphatic heterocycles. The number of carbonyl (C=O) groups excluding carboxylic acids is 1. The topological polar surface area (TPSA) is 38.3 Å². The maximum Gasteiger partial charge on any atom is 0.332 e. The molecule has 0 saturated heterocycles. The fourth-order valence-corrected chi connectivity index (χ4v) is 2.09. The van der Waals surface area contributed by atoms with Crippen molar-refractivity contribution in [1.29, 1.82) is 0 Å². The van der Waals surface area contributed by atoms with Gasteiger partial charge in [0, 0.05) is 5.69 Å². The fourth-order valence-electron chi connectivity index (χ4n) is 1.90. The van der Waals surface area contributed by atoms with Crippen LogP contribution in [0.2, 0.25) is 5.02 Å². The molecule has 21 heavy (non-hydrogen) atoms. The van der Waals surface area contributed by atoms with Gasteiger partial charge in [-0.05, 0) is 36.8 Å². The molecule has 5 heteroatoms. The van der Waals surface area contributed by atoms with Crippen LogP contribution in [0.15, 0.2) is 42.5 Å². The zero-order chi connectivity index (χ0) is 15.4. The van der Waals surface area contributed by atoms with E-state index in [1.807, 2.05) is 31.2 Å². The quantitative estimate of drug-likeness (QED) is 0.864. The number of aryl methyl sites for hydroxylation is 1. The van der Waals surface area contributed by atoms with Gasteiger partial charge >= 0.3 is 5.97 Å². The van der Waals surface area contributed by atoms with Crippen LogP contribution in [-0.2, 0) is 9.53 Å². The second-order valence-electron chi connectivity index (χ2n) is 4.64. The molecule has 110 valence electrons. The Kier molecular flexibility index (Phi) is 4.81. The molecule has 0 spiro atoms. The van der Waals surface area contributed by atoms with Gasteiger partial charge < -0.3 is 10.1 Å². The summed E-state index contributed by atoms with van der Waals surface area (Å²) in [6, 6.07) is 11.0. The summed E-state index contributed by atoms with van der Waals surface area (Å²) in [5.74, 6) is -1.00. The third-order valence-electron chi connectivity index (χ3n) is 3.08. The summed E-state index contributed by atoms with van der Waals surface area (Å²) < 4.78 is 18.0. The monoisotopic (exact) mass is 307 g/mol. The number of halogens is 2. The normalized spacial score (nSPS) is 11.8. The number of esters is 1. The number of hydrogen-bond acceptors (Lipinski definition) is 3. The van der Waals surface area contributed by atoms with E-state index in [4.69, 9.17) is 16.3 Å². The van der Waals surface area contributed by atoms with E-state index in [0.29, 0.717) is 5.56 Å². The Morgan fingerprint density at radius 3 is 2.48 bits per heavy atom. The average molecular weight is 308 g/mol. The van der Waals surface area contributed by atoms with Crippen molar-refractivity contribution >= 4 is 23.3 Å². The molecule has 2 aromatic carbocycles. The van der Waals surface area contributed by atoms with Crippen LogP contribution in [0.1, 0.15) is 17.2 Å². The highest BCUT2D eigenvalue weighted by atomic mass is 35.5. The lowest BCUT2D eigenvalue weighted by Crippen LogP contribution is -2.22. The van der Waals surface area contributed by atoms with Crippen LogP contribution in [0.4, 0.5) is 10.1 Å². The van der Waals surface area contributed by atoms with Gasteiger partial charge in [-0.1, -0.05) is 35.4 Å². The number of benzene rings is 2. The molecule has 0 fully saturated rings. The van der Waals surface area contributed by atoms with Crippen molar-refractivity contribution in [3.8, 4) is 0 Å². The third-order valence-corrected chi connectivity index (χ3v) is 3.37. The summed E-state index contributed by atoms with van der Waals surface area (Å²) in [4.78, 5) is 12.0. The maximum atomic E-state index is 13.2.